The number of hydrogen-bond donors (Lipinski definition) is 0. The predicted molar refractivity (Wildman–Crippen MR) is 225 cm³/mol. The molecule has 1 aliphatic heterocycles. The highest BCUT2D eigenvalue weighted by molar-refractivity contribution is 5.52. The molecule has 1 heterocycles. The molecule has 0 amide bonds. The molecule has 1 saturated heterocycles. The molecule has 60 atom stereocenters. The largest absolute Gasteiger partial charge is 0.305 e. The summed E-state index contributed by atoms with van der Waals surface area (Å²) < 4.78 is 0. The van der Waals surface area contributed by atoms with E-state index < -0.39 is 0 Å². The standard InChI is InChI=1S/C63H65N/c1-64-2-62-58-51-44-32-24-15-6-4-5-7-10(6)19-26(24)34-35-27(19)25-16(7)18-14-9(5)12-11-8(4)13-17(15)30(32)38-36-22(13)20(11)28-29-21(12)23(14)37-39-31(18)33(25)45-47(35)56(55(58)46(34)44)59-52(45)50(39)54-43(37)41(29)48-40(28)42(36)53(49(38)51)60(62)57(48)61(54)63(59,62)3-64/h4-61H,2-3H2,1H3/t4?,5?,6?,7?,8?,9?,10?,11?,12?,13?,14?,15?,16?,17?,18?,19?,20?,21?,22?,23?,24?,25?,26?,27?,28?,29?,30?,31?,32?,33?,34?,35?,36?,37?,38?,39?,40?,41?,42?,43?,44?,45?,46?,47?,48?,49?,50?,51?,52?,53?,54?,55?,56?,57?,58?,59?,60?,61?,62-,63+. The van der Waals surface area contributed by atoms with Crippen LogP contribution in [0.4, 0.5) is 0 Å². The second kappa shape index (κ2) is 6.63. The summed E-state index contributed by atoms with van der Waals surface area (Å²) >= 11 is 0. The van der Waals surface area contributed by atoms with E-state index >= 15 is 0 Å². The number of rotatable bonds is 0. The lowest BCUT2D eigenvalue weighted by molar-refractivity contribution is -0.246. The summed E-state index contributed by atoms with van der Waals surface area (Å²) in [5, 5.41) is 0. The number of likely N-dealkylation sites (tertiary alicyclic amines) is 1. The van der Waals surface area contributed by atoms with Gasteiger partial charge in [0, 0.05) is 13.1 Å². The minimum absolute atomic E-state index is 0.803. The maximum atomic E-state index is 3.31. The number of nitrogens with zero attached hydrogens (tertiary/aromatic N) is 1. The quantitative estimate of drug-likeness (QED) is 0.253. The molecular weight excluding hydrogens is 771 g/mol. The average molecular weight is 836 g/mol. The van der Waals surface area contributed by atoms with Crippen molar-refractivity contribution in [2.75, 3.05) is 20.1 Å². The molecule has 64 heavy (non-hydrogen) atoms. The third-order valence-electron chi connectivity index (χ3n) is 41.8. The van der Waals surface area contributed by atoms with E-state index in [1.165, 1.54) is 343 Å². The van der Waals surface area contributed by atoms with Gasteiger partial charge in [-0.15, -0.1) is 0 Å². The first-order valence-electron chi connectivity index (χ1n) is 31.5. The summed E-state index contributed by atoms with van der Waals surface area (Å²) in [6, 6.07) is 0. The van der Waals surface area contributed by atoms with Crippen LogP contribution in [0.2, 0.25) is 0 Å². The van der Waals surface area contributed by atoms with Gasteiger partial charge in [-0.1, -0.05) is 0 Å². The van der Waals surface area contributed by atoms with Crippen molar-refractivity contribution in [3.05, 3.63) is 0 Å². The summed E-state index contributed by atoms with van der Waals surface area (Å²) in [7, 11) is 2.86. The van der Waals surface area contributed by atoms with Gasteiger partial charge in [0.05, 0.1) is 0 Å². The highest BCUT2D eigenvalue weighted by Crippen LogP contribution is 3.08. The van der Waals surface area contributed by atoms with Gasteiger partial charge in [-0.3, -0.25) is 0 Å². The van der Waals surface area contributed by atoms with E-state index in [4.69, 9.17) is 0 Å². The first kappa shape index (κ1) is 28.1. The Kier molecular flexibility index (Phi) is 2.91. The highest BCUT2D eigenvalue weighted by atomic mass is 15.2. The Morgan fingerprint density at radius 3 is 0.469 bits per heavy atom. The average Bonchev–Trinajstić information content (AvgIpc) is 4.13. The Labute approximate surface area is 377 Å². The van der Waals surface area contributed by atoms with Gasteiger partial charge in [-0.2, -0.15) is 0 Å². The Balaban J connectivity index is 0.898. The predicted octanol–water partition coefficient (Wildman–Crippen LogP) is 7.07. The molecule has 0 radical (unpaired) electrons. The van der Waals surface area contributed by atoms with E-state index in [0.717, 1.165) is 10.8 Å². The minimum atomic E-state index is 0.803. The third kappa shape index (κ3) is 1.57. The molecule has 33 rings (SSSR count). The highest BCUT2D eigenvalue weighted by Gasteiger charge is 3.05. The Bertz CT molecular complexity index is 2530. The monoisotopic (exact) mass is 836 g/mol. The van der Waals surface area contributed by atoms with Crippen LogP contribution in [-0.2, 0) is 0 Å². The zero-order valence-corrected chi connectivity index (χ0v) is 37.3. The van der Waals surface area contributed by atoms with E-state index in [0.29, 0.717) is 0 Å². The van der Waals surface area contributed by atoms with E-state index in [9.17, 15) is 0 Å². The van der Waals surface area contributed by atoms with Gasteiger partial charge < -0.3 is 4.90 Å². The SMILES string of the molecule is CN1C[C@]23C4C5C6C7C8C9C%10C%11C%12C%13C%10C%10C8C8C%14C%10C%10C%13C%13C%15C%12C%12C%16C%11C%11C9C7C7C9C%11C%16C%11C%16C%12C%15C%12C%15C%13C%10C%10C%14C(C4C86)C4C%10C%15C6C%12C%16C8C%11C9C(C75)C2C8C6[C@@]43C1. The van der Waals surface area contributed by atoms with Crippen LogP contribution in [-0.4, -0.2) is 25.0 Å². The molecule has 1 nitrogen and oxygen atoms in total. The van der Waals surface area contributed by atoms with Crippen molar-refractivity contribution >= 4 is 0 Å². The fourth-order valence-corrected chi connectivity index (χ4v) is 48.4. The van der Waals surface area contributed by atoms with Gasteiger partial charge in [-0.05, 0) is 361 Å². The molecule has 2 spiro atoms. The summed E-state index contributed by atoms with van der Waals surface area (Å²) in [5.74, 6) is 75.7. The minimum Gasteiger partial charge on any atom is -0.305 e. The molecule has 58 unspecified atom stereocenters. The van der Waals surface area contributed by atoms with Crippen LogP contribution in [0, 0.1) is 354 Å². The van der Waals surface area contributed by atoms with Crippen molar-refractivity contribution in [1.82, 2.24) is 4.90 Å². The molecular formula is C63H65N. The zero-order chi connectivity index (χ0) is 37.5. The van der Waals surface area contributed by atoms with Crippen LogP contribution in [0.1, 0.15) is 0 Å². The molecule has 322 valence electrons. The fraction of sp³-hybridized carbons (Fsp3) is 1.00. The van der Waals surface area contributed by atoms with Gasteiger partial charge in [-0.25, -0.2) is 0 Å². The molecule has 0 aromatic heterocycles. The molecule has 1 heteroatoms. The topological polar surface area (TPSA) is 3.24 Å². The van der Waals surface area contributed by atoms with Gasteiger partial charge >= 0.3 is 0 Å². The Morgan fingerprint density at radius 2 is 0.281 bits per heavy atom. The van der Waals surface area contributed by atoms with E-state index in [1.54, 1.807) is 13.1 Å². The Morgan fingerprint density at radius 1 is 0.172 bits per heavy atom. The first-order chi connectivity index (χ1) is 31.8. The summed E-state index contributed by atoms with van der Waals surface area (Å²) in [6.07, 6.45) is 0. The molecule has 0 N–H and O–H groups in total. The maximum Gasteiger partial charge on any atom is 0.00469 e. The first-order valence-corrected chi connectivity index (χ1v) is 31.5. The van der Waals surface area contributed by atoms with Gasteiger partial charge in [0.2, 0.25) is 0 Å². The van der Waals surface area contributed by atoms with E-state index in [-0.39, 0.29) is 0 Å². The van der Waals surface area contributed by atoms with Crippen molar-refractivity contribution < 1.29 is 0 Å². The van der Waals surface area contributed by atoms with Crippen LogP contribution in [0.3, 0.4) is 0 Å². The van der Waals surface area contributed by atoms with Gasteiger partial charge in [0.15, 0.2) is 0 Å². The van der Waals surface area contributed by atoms with E-state index in [1.807, 2.05) is 0 Å². The van der Waals surface area contributed by atoms with Crippen LogP contribution in [0.25, 0.3) is 0 Å². The third-order valence-corrected chi connectivity index (χ3v) is 41.8. The maximum absolute atomic E-state index is 3.31. The van der Waals surface area contributed by atoms with Crippen LogP contribution >= 0.6 is 0 Å². The zero-order valence-electron chi connectivity index (χ0n) is 37.3. The molecule has 0 aromatic rings. The summed E-state index contributed by atoms with van der Waals surface area (Å²) in [6.45, 7) is 3.38. The Hall–Kier alpha value is -0.0400. The number of hydrogen-bond acceptors (Lipinski definition) is 1. The van der Waals surface area contributed by atoms with Crippen LogP contribution in [0.5, 0.6) is 0 Å². The molecule has 33 fully saturated rings. The van der Waals surface area contributed by atoms with Crippen LogP contribution in [0.15, 0.2) is 0 Å². The van der Waals surface area contributed by atoms with Crippen molar-refractivity contribution in [2.24, 2.45) is 354 Å². The fourth-order valence-electron chi connectivity index (χ4n) is 48.4. The van der Waals surface area contributed by atoms with E-state index in [2.05, 4.69) is 11.9 Å². The lowest BCUT2D eigenvalue weighted by Crippen LogP contribution is -2.70. The lowest BCUT2D eigenvalue weighted by Gasteiger charge is -2.71. The molecule has 33 aliphatic rings. The van der Waals surface area contributed by atoms with Gasteiger partial charge in [0.1, 0.15) is 0 Å². The smallest absolute Gasteiger partial charge is 0.00469 e. The normalized spacial score (nSPS) is 106. The summed E-state index contributed by atoms with van der Waals surface area (Å²) in [5.41, 5.74) is 1.61. The molecule has 0 bridgehead atoms. The van der Waals surface area contributed by atoms with Crippen molar-refractivity contribution in [1.29, 1.82) is 0 Å². The van der Waals surface area contributed by atoms with Crippen molar-refractivity contribution in [3.8, 4) is 0 Å². The molecule has 32 saturated carbocycles. The second-order valence-electron chi connectivity index (χ2n) is 36.5. The van der Waals surface area contributed by atoms with Gasteiger partial charge in [0.25, 0.3) is 0 Å². The molecule has 0 aromatic carbocycles. The second-order valence-corrected chi connectivity index (χ2v) is 36.5. The van der Waals surface area contributed by atoms with Crippen molar-refractivity contribution in [2.45, 2.75) is 0 Å². The lowest BCUT2D eigenvalue weighted by atomic mass is 9.32. The van der Waals surface area contributed by atoms with Crippen molar-refractivity contribution in [3.63, 3.8) is 0 Å². The molecule has 32 aliphatic carbocycles. The summed E-state index contributed by atoms with van der Waals surface area (Å²) in [4.78, 5) is 3.31. The van der Waals surface area contributed by atoms with Crippen LogP contribution < -0.4 is 0 Å².